The van der Waals surface area contributed by atoms with Gasteiger partial charge in [0.1, 0.15) is 11.3 Å². The fraction of sp³-hybridized carbons (Fsp3) is 0.500. The smallest absolute Gasteiger partial charge is 0.306 e. The standard InChI is InChI=1S/C24H29FN6O3/c25-18-3-1-2-4-19(18)28-24-29-20-13-26-23(27-15-7-11-17(32)12-8-15)30-21(20)31(24)16-9-5-14(6-10-16)22(33)34/h1-4,13-17,32H,5-12H2,(H,28,29)(H,33,34)(H,26,27,30)/t14-,15-,16+,17-. The zero-order valence-electron chi connectivity index (χ0n) is 18.8. The third-order valence-corrected chi connectivity index (χ3v) is 6.99. The lowest BCUT2D eigenvalue weighted by Gasteiger charge is -2.29. The van der Waals surface area contributed by atoms with Gasteiger partial charge in [-0.3, -0.25) is 9.36 Å². The number of hydrogen-bond acceptors (Lipinski definition) is 7. The van der Waals surface area contributed by atoms with Crippen molar-refractivity contribution in [3.8, 4) is 0 Å². The number of nitrogens with zero attached hydrogens (tertiary/aromatic N) is 4. The monoisotopic (exact) mass is 468 g/mol. The van der Waals surface area contributed by atoms with Crippen LogP contribution in [0.25, 0.3) is 11.2 Å². The van der Waals surface area contributed by atoms with Gasteiger partial charge in [0.15, 0.2) is 5.65 Å². The average molecular weight is 469 g/mol. The number of para-hydroxylation sites is 1. The van der Waals surface area contributed by atoms with Gasteiger partial charge < -0.3 is 20.8 Å². The van der Waals surface area contributed by atoms with Gasteiger partial charge in [-0.1, -0.05) is 12.1 Å². The summed E-state index contributed by atoms with van der Waals surface area (Å²) in [6.07, 6.45) is 7.09. The molecule has 0 saturated heterocycles. The van der Waals surface area contributed by atoms with E-state index in [1.165, 1.54) is 6.07 Å². The molecule has 34 heavy (non-hydrogen) atoms. The first kappa shape index (κ1) is 22.5. The molecular weight excluding hydrogens is 439 g/mol. The van der Waals surface area contributed by atoms with Gasteiger partial charge in [0.25, 0.3) is 0 Å². The highest BCUT2D eigenvalue weighted by Gasteiger charge is 2.30. The summed E-state index contributed by atoms with van der Waals surface area (Å²) in [5.41, 5.74) is 1.53. The molecule has 1 aromatic carbocycles. The summed E-state index contributed by atoms with van der Waals surface area (Å²) < 4.78 is 16.3. The molecule has 2 fully saturated rings. The van der Waals surface area contributed by atoms with Crippen molar-refractivity contribution in [1.82, 2.24) is 19.5 Å². The highest BCUT2D eigenvalue weighted by molar-refractivity contribution is 5.77. The van der Waals surface area contributed by atoms with E-state index in [1.54, 1.807) is 24.4 Å². The summed E-state index contributed by atoms with van der Waals surface area (Å²) in [5, 5.41) is 25.7. The fourth-order valence-corrected chi connectivity index (χ4v) is 5.06. The number of anilines is 3. The number of aliphatic carboxylic acids is 1. The number of aliphatic hydroxyl groups excluding tert-OH is 1. The van der Waals surface area contributed by atoms with Crippen molar-refractivity contribution in [1.29, 1.82) is 0 Å². The number of imidazole rings is 1. The Hall–Kier alpha value is -3.27. The van der Waals surface area contributed by atoms with Crippen LogP contribution >= 0.6 is 0 Å². The van der Waals surface area contributed by atoms with Gasteiger partial charge in [-0.25, -0.2) is 14.4 Å². The van der Waals surface area contributed by atoms with Crippen LogP contribution in [-0.4, -0.2) is 47.8 Å². The molecular formula is C24H29FN6O3. The lowest BCUT2D eigenvalue weighted by Crippen LogP contribution is -2.29. The van der Waals surface area contributed by atoms with Gasteiger partial charge in [0.05, 0.1) is 23.9 Å². The maximum absolute atomic E-state index is 14.4. The Kier molecular flexibility index (Phi) is 6.32. The van der Waals surface area contributed by atoms with Crippen LogP contribution in [0.15, 0.2) is 30.5 Å². The largest absolute Gasteiger partial charge is 0.481 e. The van der Waals surface area contributed by atoms with Crippen LogP contribution < -0.4 is 10.6 Å². The molecule has 2 aliphatic rings. The average Bonchev–Trinajstić information content (AvgIpc) is 3.19. The molecule has 10 heteroatoms. The molecule has 5 rings (SSSR count). The van der Waals surface area contributed by atoms with E-state index < -0.39 is 5.97 Å². The lowest BCUT2D eigenvalue weighted by molar-refractivity contribution is -0.143. The van der Waals surface area contributed by atoms with Gasteiger partial charge in [-0.2, -0.15) is 4.98 Å². The van der Waals surface area contributed by atoms with Crippen LogP contribution in [0.2, 0.25) is 0 Å². The maximum atomic E-state index is 14.4. The van der Waals surface area contributed by atoms with E-state index in [0.29, 0.717) is 54.4 Å². The number of aromatic nitrogens is 4. The third-order valence-electron chi connectivity index (χ3n) is 6.99. The Morgan fingerprint density at radius 3 is 2.47 bits per heavy atom. The number of rotatable bonds is 6. The van der Waals surface area contributed by atoms with Crippen LogP contribution in [0.4, 0.5) is 22.0 Å². The molecule has 180 valence electrons. The normalized spacial score (nSPS) is 25.2. The minimum absolute atomic E-state index is 0.0116. The van der Waals surface area contributed by atoms with E-state index in [1.807, 2.05) is 4.57 Å². The van der Waals surface area contributed by atoms with Gasteiger partial charge in [-0.05, 0) is 63.5 Å². The minimum atomic E-state index is -0.759. The topological polar surface area (TPSA) is 125 Å². The van der Waals surface area contributed by atoms with E-state index in [-0.39, 0.29) is 29.9 Å². The molecule has 0 spiro atoms. The Morgan fingerprint density at radius 2 is 1.76 bits per heavy atom. The van der Waals surface area contributed by atoms with E-state index >= 15 is 0 Å². The van der Waals surface area contributed by atoms with Crippen LogP contribution in [-0.2, 0) is 4.79 Å². The first-order valence-corrected chi connectivity index (χ1v) is 11.9. The molecule has 0 aliphatic heterocycles. The first-order chi connectivity index (χ1) is 16.5. The first-order valence-electron chi connectivity index (χ1n) is 11.9. The quantitative estimate of drug-likeness (QED) is 0.423. The third kappa shape index (κ3) is 4.68. The van der Waals surface area contributed by atoms with Crippen molar-refractivity contribution < 1.29 is 19.4 Å². The molecule has 2 aliphatic carbocycles. The maximum Gasteiger partial charge on any atom is 0.306 e. The van der Waals surface area contributed by atoms with Crippen LogP contribution in [0.1, 0.15) is 57.4 Å². The number of fused-ring (bicyclic) bond motifs is 1. The molecule has 2 saturated carbocycles. The van der Waals surface area contributed by atoms with Crippen molar-refractivity contribution in [2.45, 2.75) is 69.6 Å². The van der Waals surface area contributed by atoms with Crippen molar-refractivity contribution in [3.63, 3.8) is 0 Å². The molecule has 0 bridgehead atoms. The number of carboxylic acids is 1. The molecule has 0 radical (unpaired) electrons. The highest BCUT2D eigenvalue weighted by Crippen LogP contribution is 2.37. The number of halogens is 1. The summed E-state index contributed by atoms with van der Waals surface area (Å²) in [5.74, 6) is -0.533. The number of aliphatic hydroxyl groups is 1. The van der Waals surface area contributed by atoms with Crippen LogP contribution in [0, 0.1) is 11.7 Å². The Bertz CT molecular complexity index is 1170. The molecule has 0 atom stereocenters. The highest BCUT2D eigenvalue weighted by atomic mass is 19.1. The second-order valence-electron chi connectivity index (χ2n) is 9.31. The molecule has 0 amide bonds. The van der Waals surface area contributed by atoms with Gasteiger partial charge in [-0.15, -0.1) is 0 Å². The van der Waals surface area contributed by atoms with E-state index in [0.717, 1.165) is 25.7 Å². The predicted molar refractivity (Wildman–Crippen MR) is 126 cm³/mol. The molecule has 9 nitrogen and oxygen atoms in total. The fourth-order valence-electron chi connectivity index (χ4n) is 5.06. The van der Waals surface area contributed by atoms with E-state index in [9.17, 15) is 19.4 Å². The molecule has 2 heterocycles. The number of nitrogens with one attached hydrogen (secondary N) is 2. The molecule has 2 aromatic heterocycles. The predicted octanol–water partition coefficient (Wildman–Crippen LogP) is 4.24. The second kappa shape index (κ2) is 9.54. The Balaban J connectivity index is 1.48. The summed E-state index contributed by atoms with van der Waals surface area (Å²) in [6.45, 7) is 0. The van der Waals surface area contributed by atoms with Gasteiger partial charge in [0, 0.05) is 12.1 Å². The number of hydrogen-bond donors (Lipinski definition) is 4. The second-order valence-corrected chi connectivity index (χ2v) is 9.31. The SMILES string of the molecule is O=C(O)[C@H]1CC[C@@H](n2c(Nc3ccccc3F)nc3cnc(N[C@H]4CC[C@H](O)CC4)nc32)CC1. The zero-order valence-corrected chi connectivity index (χ0v) is 18.8. The van der Waals surface area contributed by atoms with Crippen LogP contribution in [0.5, 0.6) is 0 Å². The van der Waals surface area contributed by atoms with Crippen molar-refractivity contribution in [3.05, 3.63) is 36.3 Å². The minimum Gasteiger partial charge on any atom is -0.481 e. The Morgan fingerprint density at radius 1 is 1.03 bits per heavy atom. The molecule has 4 N–H and O–H groups in total. The number of carbonyl (C=O) groups is 1. The van der Waals surface area contributed by atoms with Gasteiger partial charge in [0.2, 0.25) is 11.9 Å². The van der Waals surface area contributed by atoms with Crippen molar-refractivity contribution in [2.24, 2.45) is 5.92 Å². The van der Waals surface area contributed by atoms with Gasteiger partial charge >= 0.3 is 5.97 Å². The summed E-state index contributed by atoms with van der Waals surface area (Å²) in [4.78, 5) is 25.3. The van der Waals surface area contributed by atoms with Crippen molar-refractivity contribution in [2.75, 3.05) is 10.6 Å². The zero-order chi connectivity index (χ0) is 23.7. The Labute approximate surface area is 196 Å². The number of benzene rings is 1. The molecule has 0 unspecified atom stereocenters. The van der Waals surface area contributed by atoms with Crippen LogP contribution in [0.3, 0.4) is 0 Å². The van der Waals surface area contributed by atoms with E-state index in [4.69, 9.17) is 4.98 Å². The summed E-state index contributed by atoms with van der Waals surface area (Å²) in [7, 11) is 0. The molecule has 3 aromatic rings. The number of carboxylic acid groups (broad SMARTS) is 1. The lowest BCUT2D eigenvalue weighted by atomic mass is 9.86. The summed E-state index contributed by atoms with van der Waals surface area (Å²) >= 11 is 0. The summed E-state index contributed by atoms with van der Waals surface area (Å²) in [6, 6.07) is 6.60. The van der Waals surface area contributed by atoms with Crippen molar-refractivity contribution >= 4 is 34.7 Å². The van der Waals surface area contributed by atoms with E-state index in [2.05, 4.69) is 20.6 Å².